The van der Waals surface area contributed by atoms with Gasteiger partial charge >= 0.3 is 0 Å². The second-order valence-corrected chi connectivity index (χ2v) is 5.56. The van der Waals surface area contributed by atoms with Gasteiger partial charge in [-0.1, -0.05) is 36.4 Å². The van der Waals surface area contributed by atoms with Crippen LogP contribution in [-0.4, -0.2) is 22.7 Å². The van der Waals surface area contributed by atoms with Gasteiger partial charge in [-0.3, -0.25) is 4.98 Å². The van der Waals surface area contributed by atoms with Crippen LogP contribution in [0.25, 0.3) is 0 Å². The molecule has 1 heterocycles. The lowest BCUT2D eigenvalue weighted by molar-refractivity contribution is 0.103. The molecule has 1 fully saturated rings. The molecule has 0 amide bonds. The smallest absolute Gasteiger partial charge is 0.0732 e. The van der Waals surface area contributed by atoms with Crippen LogP contribution in [0.2, 0.25) is 0 Å². The number of rotatable bonds is 5. The van der Waals surface area contributed by atoms with Gasteiger partial charge in [0.05, 0.1) is 6.10 Å². The van der Waals surface area contributed by atoms with E-state index in [1.54, 1.807) is 6.20 Å². The highest BCUT2D eigenvalue weighted by Gasteiger charge is 2.52. The zero-order valence-corrected chi connectivity index (χ0v) is 11.4. The van der Waals surface area contributed by atoms with Crippen molar-refractivity contribution in [1.82, 2.24) is 4.98 Å². The van der Waals surface area contributed by atoms with Crippen molar-refractivity contribution < 1.29 is 5.11 Å². The van der Waals surface area contributed by atoms with Crippen molar-refractivity contribution in [1.29, 1.82) is 0 Å². The molecule has 1 aromatic carbocycles. The molecule has 1 saturated carbocycles. The molecule has 2 aromatic rings. The normalized spacial score (nSPS) is 19.3. The van der Waals surface area contributed by atoms with Crippen molar-refractivity contribution in [3.63, 3.8) is 0 Å². The Hall–Kier alpha value is -1.71. The molecule has 2 atom stereocenters. The van der Waals surface area contributed by atoms with Crippen LogP contribution in [0.1, 0.15) is 30.0 Å². The molecular weight excluding hydrogens is 248 g/mol. The summed E-state index contributed by atoms with van der Waals surface area (Å²) < 4.78 is 0. The van der Waals surface area contributed by atoms with E-state index in [2.05, 4.69) is 17.1 Å². The number of nitrogens with two attached hydrogens (primary N) is 1. The van der Waals surface area contributed by atoms with Crippen molar-refractivity contribution in [3.8, 4) is 0 Å². The average Bonchev–Trinajstić information content (AvgIpc) is 3.32. The fourth-order valence-electron chi connectivity index (χ4n) is 3.05. The molecule has 20 heavy (non-hydrogen) atoms. The number of hydrogen-bond donors (Lipinski definition) is 2. The van der Waals surface area contributed by atoms with E-state index in [1.807, 2.05) is 36.4 Å². The molecule has 0 bridgehead atoms. The van der Waals surface area contributed by atoms with Crippen LogP contribution in [0.5, 0.6) is 0 Å². The lowest BCUT2D eigenvalue weighted by Gasteiger charge is -2.29. The molecule has 104 valence electrons. The van der Waals surface area contributed by atoms with Gasteiger partial charge in [-0.15, -0.1) is 0 Å². The highest BCUT2D eigenvalue weighted by atomic mass is 16.3. The van der Waals surface area contributed by atoms with Crippen molar-refractivity contribution in [3.05, 3.63) is 66.0 Å². The minimum absolute atomic E-state index is 0.112. The third-order valence-electron chi connectivity index (χ3n) is 4.41. The molecule has 1 aromatic heterocycles. The third-order valence-corrected chi connectivity index (χ3v) is 4.41. The molecule has 0 aliphatic heterocycles. The monoisotopic (exact) mass is 268 g/mol. The Morgan fingerprint density at radius 3 is 2.35 bits per heavy atom. The second kappa shape index (κ2) is 5.35. The first kappa shape index (κ1) is 13.3. The van der Waals surface area contributed by atoms with E-state index in [9.17, 15) is 5.11 Å². The fourth-order valence-corrected chi connectivity index (χ4v) is 3.05. The van der Waals surface area contributed by atoms with Crippen LogP contribution < -0.4 is 5.73 Å². The molecule has 2 unspecified atom stereocenters. The molecule has 3 heteroatoms. The predicted molar refractivity (Wildman–Crippen MR) is 79.4 cm³/mol. The number of benzene rings is 1. The first-order valence-corrected chi connectivity index (χ1v) is 7.12. The maximum absolute atomic E-state index is 10.9. The third kappa shape index (κ3) is 2.23. The van der Waals surface area contributed by atoms with Crippen molar-refractivity contribution in [2.75, 3.05) is 6.54 Å². The van der Waals surface area contributed by atoms with Gasteiger partial charge in [0.1, 0.15) is 0 Å². The Labute approximate surface area is 119 Å². The number of hydrogen-bond acceptors (Lipinski definition) is 3. The summed E-state index contributed by atoms with van der Waals surface area (Å²) in [6.45, 7) is 0.409. The van der Waals surface area contributed by atoms with Crippen LogP contribution in [-0.2, 0) is 5.41 Å². The van der Waals surface area contributed by atoms with Crippen molar-refractivity contribution >= 4 is 0 Å². The minimum atomic E-state index is -0.482. The van der Waals surface area contributed by atoms with E-state index >= 15 is 0 Å². The van der Waals surface area contributed by atoms with Crippen LogP contribution in [0.4, 0.5) is 0 Å². The molecule has 3 N–H and O–H groups in total. The van der Waals surface area contributed by atoms with Gasteiger partial charge in [-0.25, -0.2) is 0 Å². The average molecular weight is 268 g/mol. The van der Waals surface area contributed by atoms with Gasteiger partial charge in [0.2, 0.25) is 0 Å². The molecular formula is C17H20N2O. The Balaban J connectivity index is 1.90. The molecule has 0 radical (unpaired) electrons. The minimum Gasteiger partial charge on any atom is -0.391 e. The summed E-state index contributed by atoms with van der Waals surface area (Å²) in [6.07, 6.45) is 3.31. The fraction of sp³-hybridized carbons (Fsp3) is 0.353. The molecule has 3 rings (SSSR count). The summed E-state index contributed by atoms with van der Waals surface area (Å²) in [5.74, 6) is -0.112. The van der Waals surface area contributed by atoms with Crippen LogP contribution in [0.3, 0.4) is 0 Å². The summed E-state index contributed by atoms with van der Waals surface area (Å²) >= 11 is 0. The van der Waals surface area contributed by atoms with Crippen molar-refractivity contribution in [2.24, 2.45) is 5.73 Å². The highest BCUT2D eigenvalue weighted by molar-refractivity contribution is 5.35. The first-order chi connectivity index (χ1) is 9.78. The first-order valence-electron chi connectivity index (χ1n) is 7.12. The lowest BCUT2D eigenvalue weighted by atomic mass is 9.81. The Morgan fingerprint density at radius 2 is 1.80 bits per heavy atom. The second-order valence-electron chi connectivity index (χ2n) is 5.56. The highest BCUT2D eigenvalue weighted by Crippen LogP contribution is 2.53. The number of aliphatic hydroxyl groups excluding tert-OH is 1. The Morgan fingerprint density at radius 1 is 1.10 bits per heavy atom. The van der Waals surface area contributed by atoms with Gasteiger partial charge in [-0.05, 0) is 30.5 Å². The molecule has 1 aliphatic carbocycles. The zero-order valence-electron chi connectivity index (χ0n) is 11.4. The van der Waals surface area contributed by atoms with Gasteiger partial charge in [0, 0.05) is 29.8 Å². The quantitative estimate of drug-likeness (QED) is 0.874. The predicted octanol–water partition coefficient (Wildman–Crippen LogP) is 2.22. The standard InChI is InChI=1S/C17H20N2O/c18-12-14(15-8-4-5-11-19-15)16(20)17(9-10-17)13-6-2-1-3-7-13/h1-8,11,14,16,20H,9-10,12,18H2. The molecule has 3 nitrogen and oxygen atoms in total. The molecule has 1 aliphatic rings. The lowest BCUT2D eigenvalue weighted by Crippen LogP contribution is -2.36. The summed E-state index contributed by atoms with van der Waals surface area (Å²) in [7, 11) is 0. The van der Waals surface area contributed by atoms with E-state index < -0.39 is 6.10 Å². The number of pyridine rings is 1. The summed E-state index contributed by atoms with van der Waals surface area (Å²) in [5, 5.41) is 10.9. The summed E-state index contributed by atoms with van der Waals surface area (Å²) in [4.78, 5) is 4.37. The molecule has 0 saturated heterocycles. The number of aromatic nitrogens is 1. The van der Waals surface area contributed by atoms with Gasteiger partial charge in [0.15, 0.2) is 0 Å². The summed E-state index contributed by atoms with van der Waals surface area (Å²) in [6, 6.07) is 16.0. The topological polar surface area (TPSA) is 59.1 Å². The maximum atomic E-state index is 10.9. The number of aliphatic hydroxyl groups is 1. The van der Waals surface area contributed by atoms with E-state index in [0.717, 1.165) is 18.5 Å². The van der Waals surface area contributed by atoms with E-state index in [-0.39, 0.29) is 11.3 Å². The van der Waals surface area contributed by atoms with Gasteiger partial charge < -0.3 is 10.8 Å². The number of nitrogens with zero attached hydrogens (tertiary/aromatic N) is 1. The van der Waals surface area contributed by atoms with Crippen LogP contribution >= 0.6 is 0 Å². The summed E-state index contributed by atoms with van der Waals surface area (Å²) in [5.41, 5.74) is 7.86. The largest absolute Gasteiger partial charge is 0.391 e. The zero-order chi connectivity index (χ0) is 14.0. The van der Waals surface area contributed by atoms with Gasteiger partial charge in [0.25, 0.3) is 0 Å². The SMILES string of the molecule is NCC(c1ccccn1)C(O)C1(c2ccccc2)CC1. The van der Waals surface area contributed by atoms with Crippen LogP contribution in [0.15, 0.2) is 54.7 Å². The maximum Gasteiger partial charge on any atom is 0.0732 e. The van der Waals surface area contributed by atoms with Gasteiger partial charge in [-0.2, -0.15) is 0 Å². The van der Waals surface area contributed by atoms with E-state index in [0.29, 0.717) is 6.54 Å². The van der Waals surface area contributed by atoms with Crippen LogP contribution in [0, 0.1) is 0 Å². The van der Waals surface area contributed by atoms with E-state index in [4.69, 9.17) is 5.73 Å². The molecule has 0 spiro atoms. The van der Waals surface area contributed by atoms with E-state index in [1.165, 1.54) is 5.56 Å². The Kier molecular flexibility index (Phi) is 3.55. The Bertz CT molecular complexity index is 552. The van der Waals surface area contributed by atoms with Crippen molar-refractivity contribution in [2.45, 2.75) is 30.3 Å².